The molecule has 0 radical (unpaired) electrons. The standard InChI is InChI=1S/C18H25N3O2S2/c22-25(23,14-6-9-16-7-2-1-3-8-16)19-11-10-17-15-24-18(20-17)21-12-4-5-13-21/h1-3,7-8,15,19H,4-6,9-14H2. The summed E-state index contributed by atoms with van der Waals surface area (Å²) in [5.74, 6) is 0.165. The van der Waals surface area contributed by atoms with E-state index in [1.807, 2.05) is 35.7 Å². The molecule has 0 unspecified atom stereocenters. The molecule has 1 N–H and O–H groups in total. The summed E-state index contributed by atoms with van der Waals surface area (Å²) in [5.41, 5.74) is 2.15. The highest BCUT2D eigenvalue weighted by Gasteiger charge is 2.16. The SMILES string of the molecule is O=S(=O)(CCCc1ccccc1)NCCc1csc(N2CCCC2)n1. The van der Waals surface area contributed by atoms with E-state index < -0.39 is 10.0 Å². The van der Waals surface area contributed by atoms with Gasteiger partial charge in [-0.1, -0.05) is 30.3 Å². The molecule has 1 fully saturated rings. The summed E-state index contributed by atoms with van der Waals surface area (Å²) in [4.78, 5) is 6.93. The second-order valence-electron chi connectivity index (χ2n) is 6.37. The number of aromatic nitrogens is 1. The number of rotatable bonds is 9. The van der Waals surface area contributed by atoms with Gasteiger partial charge in [0.05, 0.1) is 11.4 Å². The fraction of sp³-hybridized carbons (Fsp3) is 0.500. The third-order valence-electron chi connectivity index (χ3n) is 4.34. The minimum Gasteiger partial charge on any atom is -0.348 e. The fourth-order valence-corrected chi connectivity index (χ4v) is 4.98. The van der Waals surface area contributed by atoms with Gasteiger partial charge in [0.2, 0.25) is 10.0 Å². The van der Waals surface area contributed by atoms with Crippen molar-refractivity contribution in [1.29, 1.82) is 0 Å². The van der Waals surface area contributed by atoms with E-state index in [1.165, 1.54) is 18.4 Å². The van der Waals surface area contributed by atoms with Crippen molar-refractivity contribution >= 4 is 26.5 Å². The largest absolute Gasteiger partial charge is 0.348 e. The first-order valence-corrected chi connectivity index (χ1v) is 11.4. The number of hydrogen-bond acceptors (Lipinski definition) is 5. The highest BCUT2D eigenvalue weighted by molar-refractivity contribution is 7.89. The smallest absolute Gasteiger partial charge is 0.211 e. The normalized spacial score (nSPS) is 15.0. The Morgan fingerprint density at radius 1 is 1.12 bits per heavy atom. The molecule has 2 heterocycles. The van der Waals surface area contributed by atoms with Crippen molar-refractivity contribution in [3.8, 4) is 0 Å². The van der Waals surface area contributed by atoms with Gasteiger partial charge in [-0.05, 0) is 31.2 Å². The van der Waals surface area contributed by atoms with E-state index in [4.69, 9.17) is 0 Å². The molecule has 2 aromatic rings. The van der Waals surface area contributed by atoms with Crippen LogP contribution in [0, 0.1) is 0 Å². The zero-order chi connectivity index (χ0) is 17.5. The highest BCUT2D eigenvalue weighted by Crippen LogP contribution is 2.24. The predicted molar refractivity (Wildman–Crippen MR) is 104 cm³/mol. The highest BCUT2D eigenvalue weighted by atomic mass is 32.2. The van der Waals surface area contributed by atoms with Crippen LogP contribution in [0.2, 0.25) is 0 Å². The number of benzene rings is 1. The van der Waals surface area contributed by atoms with Crippen molar-refractivity contribution in [3.05, 3.63) is 47.0 Å². The zero-order valence-corrected chi connectivity index (χ0v) is 16.0. The number of anilines is 1. The Balaban J connectivity index is 1.38. The molecule has 0 spiro atoms. The van der Waals surface area contributed by atoms with Crippen molar-refractivity contribution in [2.75, 3.05) is 30.3 Å². The van der Waals surface area contributed by atoms with Crippen LogP contribution in [0.15, 0.2) is 35.7 Å². The van der Waals surface area contributed by atoms with Gasteiger partial charge in [-0.2, -0.15) is 0 Å². The van der Waals surface area contributed by atoms with Gasteiger partial charge in [-0.3, -0.25) is 0 Å². The lowest BCUT2D eigenvalue weighted by Gasteiger charge is -2.12. The molecule has 1 aliphatic heterocycles. The molecule has 3 rings (SSSR count). The topological polar surface area (TPSA) is 62.3 Å². The van der Waals surface area contributed by atoms with Gasteiger partial charge in [0.15, 0.2) is 5.13 Å². The Labute approximate surface area is 154 Å². The average molecular weight is 380 g/mol. The summed E-state index contributed by atoms with van der Waals surface area (Å²) in [6.07, 6.45) is 4.53. The van der Waals surface area contributed by atoms with Gasteiger partial charge in [0, 0.05) is 31.4 Å². The summed E-state index contributed by atoms with van der Waals surface area (Å²) in [6.45, 7) is 2.58. The number of thiazole rings is 1. The molecule has 0 amide bonds. The second-order valence-corrected chi connectivity index (χ2v) is 9.13. The lowest BCUT2D eigenvalue weighted by molar-refractivity contribution is 0.578. The van der Waals surface area contributed by atoms with Crippen LogP contribution in [-0.2, 0) is 22.9 Å². The molecular weight excluding hydrogens is 354 g/mol. The van der Waals surface area contributed by atoms with E-state index in [0.29, 0.717) is 19.4 Å². The van der Waals surface area contributed by atoms with Crippen LogP contribution in [0.5, 0.6) is 0 Å². The second kappa shape index (κ2) is 8.78. The minimum absolute atomic E-state index is 0.165. The molecule has 1 aromatic heterocycles. The first-order valence-electron chi connectivity index (χ1n) is 8.83. The molecule has 0 aliphatic carbocycles. The van der Waals surface area contributed by atoms with Crippen molar-refractivity contribution in [2.24, 2.45) is 0 Å². The molecule has 5 nitrogen and oxygen atoms in total. The Hall–Kier alpha value is -1.44. The molecule has 0 bridgehead atoms. The first kappa shape index (κ1) is 18.4. The predicted octanol–water partition coefficient (Wildman–Crippen LogP) is 2.84. The molecule has 136 valence electrons. The number of nitrogens with one attached hydrogen (secondary N) is 1. The lowest BCUT2D eigenvalue weighted by atomic mass is 10.1. The van der Waals surface area contributed by atoms with E-state index in [0.717, 1.165) is 30.3 Å². The molecule has 0 atom stereocenters. The Kier molecular flexibility index (Phi) is 6.45. The van der Waals surface area contributed by atoms with Crippen LogP contribution in [-0.4, -0.2) is 38.8 Å². The van der Waals surface area contributed by atoms with Crippen LogP contribution in [0.3, 0.4) is 0 Å². The minimum atomic E-state index is -3.22. The maximum Gasteiger partial charge on any atom is 0.211 e. The van der Waals surface area contributed by atoms with Crippen LogP contribution >= 0.6 is 11.3 Å². The van der Waals surface area contributed by atoms with Gasteiger partial charge < -0.3 is 4.90 Å². The van der Waals surface area contributed by atoms with Crippen molar-refractivity contribution in [2.45, 2.75) is 32.1 Å². The number of sulfonamides is 1. The Bertz CT molecular complexity index is 754. The first-order chi connectivity index (χ1) is 12.1. The van der Waals surface area contributed by atoms with Gasteiger partial charge >= 0.3 is 0 Å². The van der Waals surface area contributed by atoms with E-state index in [-0.39, 0.29) is 5.75 Å². The maximum absolute atomic E-state index is 12.1. The van der Waals surface area contributed by atoms with Crippen LogP contribution in [0.25, 0.3) is 0 Å². The Morgan fingerprint density at radius 2 is 1.88 bits per heavy atom. The molecular formula is C18H25N3O2S2. The summed E-state index contributed by atoms with van der Waals surface area (Å²) >= 11 is 1.65. The van der Waals surface area contributed by atoms with Gasteiger partial charge in [0.1, 0.15) is 0 Å². The lowest BCUT2D eigenvalue weighted by Crippen LogP contribution is -2.28. The maximum atomic E-state index is 12.1. The van der Waals surface area contributed by atoms with Crippen molar-refractivity contribution in [3.63, 3.8) is 0 Å². The van der Waals surface area contributed by atoms with Crippen LogP contribution < -0.4 is 9.62 Å². The summed E-state index contributed by atoms with van der Waals surface area (Å²) < 4.78 is 26.9. The number of nitrogens with zero attached hydrogens (tertiary/aromatic N) is 2. The molecule has 1 aromatic carbocycles. The third kappa shape index (κ3) is 5.80. The average Bonchev–Trinajstić information content (AvgIpc) is 3.27. The molecule has 25 heavy (non-hydrogen) atoms. The molecule has 1 saturated heterocycles. The van der Waals surface area contributed by atoms with Crippen molar-refractivity contribution < 1.29 is 8.42 Å². The Morgan fingerprint density at radius 3 is 2.64 bits per heavy atom. The van der Waals surface area contributed by atoms with Gasteiger partial charge in [-0.15, -0.1) is 11.3 Å². The summed E-state index contributed by atoms with van der Waals surface area (Å²) in [6, 6.07) is 9.98. The monoisotopic (exact) mass is 379 g/mol. The van der Waals surface area contributed by atoms with Gasteiger partial charge in [0.25, 0.3) is 0 Å². The molecule has 1 aliphatic rings. The zero-order valence-electron chi connectivity index (χ0n) is 14.4. The summed E-state index contributed by atoms with van der Waals surface area (Å²) in [7, 11) is -3.22. The van der Waals surface area contributed by atoms with E-state index in [9.17, 15) is 8.42 Å². The van der Waals surface area contributed by atoms with Crippen LogP contribution in [0.1, 0.15) is 30.5 Å². The fourth-order valence-electron chi connectivity index (χ4n) is 2.98. The number of aryl methyl sites for hydroxylation is 1. The third-order valence-corrected chi connectivity index (χ3v) is 6.76. The van der Waals surface area contributed by atoms with Crippen molar-refractivity contribution in [1.82, 2.24) is 9.71 Å². The van der Waals surface area contributed by atoms with Gasteiger partial charge in [-0.25, -0.2) is 18.1 Å². The summed E-state index contributed by atoms with van der Waals surface area (Å²) in [5, 5.41) is 3.11. The quantitative estimate of drug-likeness (QED) is 0.728. The molecule has 0 saturated carbocycles. The van der Waals surface area contributed by atoms with E-state index >= 15 is 0 Å². The van der Waals surface area contributed by atoms with Crippen LogP contribution in [0.4, 0.5) is 5.13 Å². The number of hydrogen-bond donors (Lipinski definition) is 1. The van der Waals surface area contributed by atoms with E-state index in [1.54, 1.807) is 11.3 Å². The molecule has 7 heteroatoms. The van der Waals surface area contributed by atoms with E-state index in [2.05, 4.69) is 14.6 Å².